The summed E-state index contributed by atoms with van der Waals surface area (Å²) in [5.41, 5.74) is 3.05. The van der Waals surface area contributed by atoms with E-state index in [2.05, 4.69) is 0 Å². The first-order chi connectivity index (χ1) is 13.2. The molecular formula is C20H15N3O4. The average molecular weight is 361 g/mol. The second kappa shape index (κ2) is 5.98. The van der Waals surface area contributed by atoms with Crippen molar-refractivity contribution in [3.05, 3.63) is 93.7 Å². The van der Waals surface area contributed by atoms with Gasteiger partial charge in [-0.05, 0) is 17.7 Å². The summed E-state index contributed by atoms with van der Waals surface area (Å²) in [6, 6.07) is 20.7. The minimum atomic E-state index is -0.653. The Kier molecular flexibility index (Phi) is 3.46. The van der Waals surface area contributed by atoms with Crippen LogP contribution in [0.2, 0.25) is 0 Å². The molecule has 0 fully saturated rings. The van der Waals surface area contributed by atoms with E-state index in [1.165, 1.54) is 6.07 Å². The Bertz CT molecular complexity index is 1040. The Labute approximate surface area is 154 Å². The van der Waals surface area contributed by atoms with Gasteiger partial charge < -0.3 is 9.15 Å². The van der Waals surface area contributed by atoms with E-state index >= 15 is 0 Å². The third-order valence-electron chi connectivity index (χ3n) is 4.84. The number of nitro groups is 1. The fourth-order valence-electron chi connectivity index (χ4n) is 3.60. The zero-order valence-electron chi connectivity index (χ0n) is 14.2. The number of furan rings is 1. The second-order valence-electron chi connectivity index (χ2n) is 6.45. The lowest BCUT2D eigenvalue weighted by molar-refractivity contribution is -0.402. The van der Waals surface area contributed by atoms with Crippen LogP contribution in [0, 0.1) is 10.1 Å². The standard InChI is InChI=1S/C20H15N3O4/c24-23(25)19-11-10-18(26-19)20-22-16(14-8-4-5-9-17(14)27-20)12-15(21-22)13-6-2-1-3-7-13/h1-11,16,20H,12H2/t16-,20+/m0/s1. The summed E-state index contributed by atoms with van der Waals surface area (Å²) in [6.45, 7) is 0. The van der Waals surface area contributed by atoms with Gasteiger partial charge in [-0.25, -0.2) is 5.01 Å². The molecule has 0 unspecified atom stereocenters. The lowest BCUT2D eigenvalue weighted by Crippen LogP contribution is -2.33. The van der Waals surface area contributed by atoms with Crippen molar-refractivity contribution in [2.24, 2.45) is 5.10 Å². The molecule has 1 aromatic heterocycles. The summed E-state index contributed by atoms with van der Waals surface area (Å²) in [5.74, 6) is 0.794. The molecule has 0 spiro atoms. The molecule has 0 bridgehead atoms. The predicted octanol–water partition coefficient (Wildman–Crippen LogP) is 4.43. The summed E-state index contributed by atoms with van der Waals surface area (Å²) in [7, 11) is 0. The summed E-state index contributed by atoms with van der Waals surface area (Å²) in [5, 5.41) is 17.6. The zero-order valence-corrected chi connectivity index (χ0v) is 14.2. The molecule has 134 valence electrons. The van der Waals surface area contributed by atoms with E-state index in [1.807, 2.05) is 59.6 Å². The number of nitrogens with zero attached hydrogens (tertiary/aromatic N) is 3. The van der Waals surface area contributed by atoms with Crippen molar-refractivity contribution in [1.82, 2.24) is 5.01 Å². The minimum Gasteiger partial charge on any atom is -0.461 e. The SMILES string of the molecule is O=[N+]([O-])c1ccc([C@H]2Oc3ccccc3[C@@H]3CC(c4ccccc4)=NN23)o1. The van der Waals surface area contributed by atoms with Gasteiger partial charge in [-0.2, -0.15) is 5.10 Å². The van der Waals surface area contributed by atoms with Crippen molar-refractivity contribution < 1.29 is 14.1 Å². The van der Waals surface area contributed by atoms with E-state index in [1.54, 1.807) is 6.07 Å². The van der Waals surface area contributed by atoms with Crippen molar-refractivity contribution in [3.8, 4) is 5.75 Å². The van der Waals surface area contributed by atoms with E-state index < -0.39 is 11.2 Å². The molecule has 7 heteroatoms. The van der Waals surface area contributed by atoms with E-state index in [4.69, 9.17) is 14.3 Å². The number of ether oxygens (including phenoxy) is 1. The van der Waals surface area contributed by atoms with Crippen LogP contribution in [0.3, 0.4) is 0 Å². The van der Waals surface area contributed by atoms with Gasteiger partial charge in [-0.1, -0.05) is 48.5 Å². The quantitative estimate of drug-likeness (QED) is 0.509. The monoisotopic (exact) mass is 361 g/mol. The maximum Gasteiger partial charge on any atom is 0.433 e. The number of rotatable bonds is 3. The molecule has 0 aliphatic carbocycles. The van der Waals surface area contributed by atoms with Crippen molar-refractivity contribution in [1.29, 1.82) is 0 Å². The zero-order chi connectivity index (χ0) is 18.4. The molecule has 0 N–H and O–H groups in total. The Balaban J connectivity index is 1.59. The molecule has 3 heterocycles. The number of benzene rings is 2. The molecule has 2 atom stereocenters. The molecular weight excluding hydrogens is 346 g/mol. The molecule has 2 aromatic carbocycles. The van der Waals surface area contributed by atoms with Gasteiger partial charge in [-0.3, -0.25) is 10.1 Å². The van der Waals surface area contributed by atoms with Gasteiger partial charge in [0, 0.05) is 12.0 Å². The largest absolute Gasteiger partial charge is 0.461 e. The van der Waals surface area contributed by atoms with Gasteiger partial charge >= 0.3 is 5.88 Å². The molecule has 5 rings (SSSR count). The van der Waals surface area contributed by atoms with E-state index in [9.17, 15) is 10.1 Å². The van der Waals surface area contributed by atoms with Crippen LogP contribution >= 0.6 is 0 Å². The summed E-state index contributed by atoms with van der Waals surface area (Å²) >= 11 is 0. The van der Waals surface area contributed by atoms with Crippen LogP contribution in [0.4, 0.5) is 5.88 Å². The van der Waals surface area contributed by atoms with Gasteiger partial charge in [0.1, 0.15) is 10.7 Å². The first-order valence-corrected chi connectivity index (χ1v) is 8.61. The minimum absolute atomic E-state index is 0.0145. The number of para-hydroxylation sites is 1. The molecule has 2 aliphatic rings. The molecule has 7 nitrogen and oxygen atoms in total. The molecule has 0 saturated carbocycles. The molecule has 27 heavy (non-hydrogen) atoms. The highest BCUT2D eigenvalue weighted by Gasteiger charge is 2.42. The number of hydrogen-bond donors (Lipinski definition) is 0. The number of hydrogen-bond acceptors (Lipinski definition) is 6. The lowest BCUT2D eigenvalue weighted by Gasteiger charge is -2.36. The van der Waals surface area contributed by atoms with Gasteiger partial charge in [0.05, 0.1) is 17.8 Å². The van der Waals surface area contributed by atoms with Crippen molar-refractivity contribution >= 4 is 11.6 Å². The first-order valence-electron chi connectivity index (χ1n) is 8.61. The maximum atomic E-state index is 11.0. The maximum absolute atomic E-state index is 11.0. The van der Waals surface area contributed by atoms with Gasteiger partial charge in [0.25, 0.3) is 0 Å². The molecule has 0 saturated heterocycles. The second-order valence-corrected chi connectivity index (χ2v) is 6.45. The molecule has 0 amide bonds. The van der Waals surface area contributed by atoms with Crippen LogP contribution < -0.4 is 4.74 Å². The average Bonchev–Trinajstić information content (AvgIpc) is 3.36. The summed E-state index contributed by atoms with van der Waals surface area (Å²) in [4.78, 5) is 10.4. The van der Waals surface area contributed by atoms with E-state index in [0.29, 0.717) is 5.76 Å². The Morgan fingerprint density at radius 3 is 2.59 bits per heavy atom. The van der Waals surface area contributed by atoms with Gasteiger partial charge in [-0.15, -0.1) is 0 Å². The third kappa shape index (κ3) is 2.55. The Hall–Kier alpha value is -3.61. The van der Waals surface area contributed by atoms with Crippen LogP contribution in [-0.4, -0.2) is 15.6 Å². The molecule has 3 aromatic rings. The number of hydrazone groups is 1. The van der Waals surface area contributed by atoms with Gasteiger partial charge in [0.2, 0.25) is 6.23 Å². The predicted molar refractivity (Wildman–Crippen MR) is 97.3 cm³/mol. The van der Waals surface area contributed by atoms with E-state index in [-0.39, 0.29) is 11.9 Å². The fraction of sp³-hybridized carbons (Fsp3) is 0.150. The third-order valence-corrected chi connectivity index (χ3v) is 4.84. The van der Waals surface area contributed by atoms with E-state index in [0.717, 1.165) is 29.0 Å². The summed E-state index contributed by atoms with van der Waals surface area (Å²) in [6.07, 6.45) is 0.0729. The van der Waals surface area contributed by atoms with Crippen LogP contribution in [0.1, 0.15) is 35.6 Å². The van der Waals surface area contributed by atoms with Gasteiger partial charge in [0.15, 0.2) is 5.76 Å². The fourth-order valence-corrected chi connectivity index (χ4v) is 3.60. The Morgan fingerprint density at radius 1 is 1.04 bits per heavy atom. The number of fused-ring (bicyclic) bond motifs is 3. The summed E-state index contributed by atoms with van der Waals surface area (Å²) < 4.78 is 11.5. The topological polar surface area (TPSA) is 81.1 Å². The smallest absolute Gasteiger partial charge is 0.433 e. The molecule has 0 radical (unpaired) electrons. The van der Waals surface area contributed by atoms with Crippen LogP contribution in [-0.2, 0) is 0 Å². The van der Waals surface area contributed by atoms with Crippen molar-refractivity contribution in [2.75, 3.05) is 0 Å². The van der Waals surface area contributed by atoms with Crippen molar-refractivity contribution in [3.63, 3.8) is 0 Å². The lowest BCUT2D eigenvalue weighted by atomic mass is 9.96. The Morgan fingerprint density at radius 2 is 1.81 bits per heavy atom. The first kappa shape index (κ1) is 15.6. The normalized spacial score (nSPS) is 20.4. The highest BCUT2D eigenvalue weighted by molar-refractivity contribution is 6.01. The highest BCUT2D eigenvalue weighted by Crippen LogP contribution is 2.47. The highest BCUT2D eigenvalue weighted by atomic mass is 16.7. The van der Waals surface area contributed by atoms with Crippen LogP contribution in [0.5, 0.6) is 5.75 Å². The van der Waals surface area contributed by atoms with Crippen molar-refractivity contribution in [2.45, 2.75) is 18.7 Å². The molecule has 2 aliphatic heterocycles. The van der Waals surface area contributed by atoms with Crippen LogP contribution in [0.15, 0.2) is 76.2 Å². The van der Waals surface area contributed by atoms with Crippen LogP contribution in [0.25, 0.3) is 0 Å².